The van der Waals surface area contributed by atoms with Crippen LogP contribution in [0.15, 0.2) is 24.3 Å². The summed E-state index contributed by atoms with van der Waals surface area (Å²) in [6.07, 6.45) is 0. The number of nitrogen functional groups attached to an aromatic ring is 1. The normalized spacial score (nSPS) is 10.5. The first kappa shape index (κ1) is 8.97. The first-order chi connectivity index (χ1) is 6.74. The fourth-order valence-corrected chi connectivity index (χ4v) is 1.63. The molecule has 0 saturated heterocycles. The Morgan fingerprint density at radius 1 is 1.14 bits per heavy atom. The van der Waals surface area contributed by atoms with E-state index in [9.17, 15) is 0 Å². The number of anilines is 1. The second-order valence-corrected chi connectivity index (χ2v) is 3.36. The average Bonchev–Trinajstić information content (AvgIpc) is 2.23. The molecule has 2 aromatic rings. The van der Waals surface area contributed by atoms with Crippen LogP contribution in [0.4, 0.5) is 5.82 Å². The lowest BCUT2D eigenvalue weighted by molar-refractivity contribution is 1.15. The number of hydrazine groups is 1. The van der Waals surface area contributed by atoms with Crippen molar-refractivity contribution in [3.8, 4) is 0 Å². The molecule has 1 heterocycles. The number of aromatic nitrogens is 1. The Labute approximate surface area is 82.9 Å². The number of benzene rings is 1. The molecule has 0 bridgehead atoms. The zero-order valence-electron chi connectivity index (χ0n) is 8.33. The van der Waals surface area contributed by atoms with Gasteiger partial charge in [0.15, 0.2) is 0 Å². The predicted octanol–water partition coefficient (Wildman–Crippen LogP) is 2.14. The number of nitrogens with zero attached hydrogens (tertiary/aromatic N) is 1. The van der Waals surface area contributed by atoms with Gasteiger partial charge in [-0.15, -0.1) is 0 Å². The van der Waals surface area contributed by atoms with Gasteiger partial charge in [0.1, 0.15) is 5.82 Å². The van der Waals surface area contributed by atoms with Crippen LogP contribution in [0, 0.1) is 13.8 Å². The van der Waals surface area contributed by atoms with E-state index in [0.29, 0.717) is 0 Å². The highest BCUT2D eigenvalue weighted by atomic mass is 15.2. The van der Waals surface area contributed by atoms with E-state index in [-0.39, 0.29) is 0 Å². The second kappa shape index (κ2) is 3.27. The van der Waals surface area contributed by atoms with Gasteiger partial charge in [0.2, 0.25) is 0 Å². The largest absolute Gasteiger partial charge is 0.308 e. The van der Waals surface area contributed by atoms with Gasteiger partial charge in [-0.1, -0.05) is 24.3 Å². The number of nitrogens with one attached hydrogen (secondary N) is 1. The van der Waals surface area contributed by atoms with Gasteiger partial charge in [-0.05, 0) is 24.8 Å². The van der Waals surface area contributed by atoms with Crippen LogP contribution in [-0.2, 0) is 0 Å². The van der Waals surface area contributed by atoms with Crippen molar-refractivity contribution in [1.82, 2.24) is 4.98 Å². The third kappa shape index (κ3) is 1.22. The lowest BCUT2D eigenvalue weighted by Crippen LogP contribution is -2.10. The standard InChI is InChI=1S/C11H13N3/c1-7-8(2)13-11(14-12)10-6-4-3-5-9(7)10/h3-6H,12H2,1-2H3,(H,13,14). The highest BCUT2D eigenvalue weighted by Crippen LogP contribution is 2.25. The van der Waals surface area contributed by atoms with Gasteiger partial charge >= 0.3 is 0 Å². The van der Waals surface area contributed by atoms with Crippen LogP contribution in [0.1, 0.15) is 11.3 Å². The van der Waals surface area contributed by atoms with Crippen LogP contribution < -0.4 is 11.3 Å². The van der Waals surface area contributed by atoms with E-state index >= 15 is 0 Å². The number of hydrogen-bond acceptors (Lipinski definition) is 3. The fraction of sp³-hybridized carbons (Fsp3) is 0.182. The Balaban J connectivity index is 2.89. The third-order valence-electron chi connectivity index (χ3n) is 2.55. The minimum atomic E-state index is 0.740. The Hall–Kier alpha value is -1.61. The van der Waals surface area contributed by atoms with Gasteiger partial charge in [-0.2, -0.15) is 0 Å². The molecule has 0 spiro atoms. The number of nitrogens with two attached hydrogens (primary N) is 1. The summed E-state index contributed by atoms with van der Waals surface area (Å²) >= 11 is 0. The Morgan fingerprint density at radius 3 is 2.43 bits per heavy atom. The Kier molecular flexibility index (Phi) is 2.09. The van der Waals surface area contributed by atoms with Crippen molar-refractivity contribution in [2.45, 2.75) is 13.8 Å². The molecule has 0 saturated carbocycles. The van der Waals surface area contributed by atoms with Crippen LogP contribution >= 0.6 is 0 Å². The number of rotatable bonds is 1. The number of pyridine rings is 1. The van der Waals surface area contributed by atoms with Crippen molar-refractivity contribution in [1.29, 1.82) is 0 Å². The van der Waals surface area contributed by atoms with Gasteiger partial charge in [0.25, 0.3) is 0 Å². The van der Waals surface area contributed by atoms with E-state index in [1.807, 2.05) is 25.1 Å². The maximum atomic E-state index is 5.42. The number of aryl methyl sites for hydroxylation is 2. The van der Waals surface area contributed by atoms with Gasteiger partial charge in [0, 0.05) is 11.1 Å². The van der Waals surface area contributed by atoms with E-state index in [1.165, 1.54) is 10.9 Å². The highest BCUT2D eigenvalue weighted by molar-refractivity contribution is 5.94. The average molecular weight is 187 g/mol. The van der Waals surface area contributed by atoms with Crippen molar-refractivity contribution >= 4 is 16.6 Å². The SMILES string of the molecule is Cc1nc(NN)c2ccccc2c1C. The molecule has 0 atom stereocenters. The van der Waals surface area contributed by atoms with E-state index in [4.69, 9.17) is 5.84 Å². The summed E-state index contributed by atoms with van der Waals surface area (Å²) in [5.74, 6) is 6.16. The van der Waals surface area contributed by atoms with Crippen LogP contribution in [0.5, 0.6) is 0 Å². The molecule has 1 aromatic carbocycles. The molecule has 2 rings (SSSR count). The monoisotopic (exact) mass is 187 g/mol. The first-order valence-corrected chi connectivity index (χ1v) is 4.56. The van der Waals surface area contributed by atoms with E-state index in [1.54, 1.807) is 0 Å². The zero-order valence-corrected chi connectivity index (χ0v) is 8.33. The summed E-state index contributed by atoms with van der Waals surface area (Å²) in [6, 6.07) is 8.11. The van der Waals surface area contributed by atoms with E-state index in [2.05, 4.69) is 23.4 Å². The molecular weight excluding hydrogens is 174 g/mol. The Morgan fingerprint density at radius 2 is 1.79 bits per heavy atom. The summed E-state index contributed by atoms with van der Waals surface area (Å²) in [6.45, 7) is 4.06. The molecule has 3 nitrogen and oxygen atoms in total. The minimum Gasteiger partial charge on any atom is -0.308 e. The predicted molar refractivity (Wildman–Crippen MR) is 59.0 cm³/mol. The van der Waals surface area contributed by atoms with E-state index < -0.39 is 0 Å². The van der Waals surface area contributed by atoms with Crippen molar-refractivity contribution in [3.05, 3.63) is 35.5 Å². The maximum Gasteiger partial charge on any atom is 0.148 e. The Bertz CT molecular complexity index is 477. The second-order valence-electron chi connectivity index (χ2n) is 3.36. The smallest absolute Gasteiger partial charge is 0.148 e. The van der Waals surface area contributed by atoms with Gasteiger partial charge in [-0.25, -0.2) is 10.8 Å². The van der Waals surface area contributed by atoms with Gasteiger partial charge < -0.3 is 5.43 Å². The topological polar surface area (TPSA) is 50.9 Å². The molecule has 0 radical (unpaired) electrons. The molecular formula is C11H13N3. The molecule has 0 aliphatic heterocycles. The number of hydrogen-bond donors (Lipinski definition) is 2. The van der Waals surface area contributed by atoms with Crippen molar-refractivity contribution < 1.29 is 0 Å². The van der Waals surface area contributed by atoms with Crippen molar-refractivity contribution in [2.24, 2.45) is 5.84 Å². The molecule has 14 heavy (non-hydrogen) atoms. The van der Waals surface area contributed by atoms with Crippen LogP contribution in [0.3, 0.4) is 0 Å². The summed E-state index contributed by atoms with van der Waals surface area (Å²) in [7, 11) is 0. The van der Waals surface area contributed by atoms with Crippen molar-refractivity contribution in [3.63, 3.8) is 0 Å². The number of fused-ring (bicyclic) bond motifs is 1. The highest BCUT2D eigenvalue weighted by Gasteiger charge is 2.05. The van der Waals surface area contributed by atoms with E-state index in [0.717, 1.165) is 16.9 Å². The molecule has 0 aliphatic rings. The fourth-order valence-electron chi connectivity index (χ4n) is 1.63. The summed E-state index contributed by atoms with van der Waals surface area (Å²) < 4.78 is 0. The quantitative estimate of drug-likeness (QED) is 0.531. The molecule has 3 N–H and O–H groups in total. The summed E-state index contributed by atoms with van der Waals surface area (Å²) in [4.78, 5) is 4.38. The first-order valence-electron chi connectivity index (χ1n) is 4.56. The lowest BCUT2D eigenvalue weighted by Gasteiger charge is -2.09. The minimum absolute atomic E-state index is 0.740. The molecule has 0 amide bonds. The van der Waals surface area contributed by atoms with Gasteiger partial charge in [0.05, 0.1) is 0 Å². The van der Waals surface area contributed by atoms with Crippen molar-refractivity contribution in [2.75, 3.05) is 5.43 Å². The summed E-state index contributed by atoms with van der Waals surface area (Å²) in [5.41, 5.74) is 4.85. The molecule has 3 heteroatoms. The lowest BCUT2D eigenvalue weighted by atomic mass is 10.1. The molecule has 0 fully saturated rings. The van der Waals surface area contributed by atoms with Crippen LogP contribution in [-0.4, -0.2) is 4.98 Å². The van der Waals surface area contributed by atoms with Gasteiger partial charge in [-0.3, -0.25) is 0 Å². The third-order valence-corrected chi connectivity index (χ3v) is 2.55. The zero-order chi connectivity index (χ0) is 10.1. The molecule has 1 aromatic heterocycles. The van der Waals surface area contributed by atoms with Crippen LogP contribution in [0.2, 0.25) is 0 Å². The maximum absolute atomic E-state index is 5.42. The molecule has 72 valence electrons. The van der Waals surface area contributed by atoms with Crippen LogP contribution in [0.25, 0.3) is 10.8 Å². The summed E-state index contributed by atoms with van der Waals surface area (Å²) in [5, 5.41) is 2.27. The molecule has 0 aliphatic carbocycles. The molecule has 0 unspecified atom stereocenters.